The molecule has 0 fully saturated rings. The number of ether oxygens (including phenoxy) is 1. The highest BCUT2D eigenvalue weighted by atomic mass is 16.5. The van der Waals surface area contributed by atoms with Crippen LogP contribution >= 0.6 is 0 Å². The summed E-state index contributed by atoms with van der Waals surface area (Å²) in [5.41, 5.74) is 0. The van der Waals surface area contributed by atoms with Crippen molar-refractivity contribution in [3.05, 3.63) is 48.6 Å². The summed E-state index contributed by atoms with van der Waals surface area (Å²) in [6.07, 6.45) is 64.7. The summed E-state index contributed by atoms with van der Waals surface area (Å²) in [7, 11) is 0. The molecule has 0 aromatic rings. The van der Waals surface area contributed by atoms with Gasteiger partial charge in [0.05, 0.1) is 25.2 Å². The molecule has 0 aromatic heterocycles. The number of aliphatic hydroxyl groups excluding tert-OH is 2. The average Bonchev–Trinajstić information content (AvgIpc) is 3.30. The lowest BCUT2D eigenvalue weighted by atomic mass is 10.0. The van der Waals surface area contributed by atoms with Gasteiger partial charge in [0.25, 0.3) is 0 Å². The zero-order valence-electron chi connectivity index (χ0n) is 43.4. The van der Waals surface area contributed by atoms with E-state index in [2.05, 4.69) is 74.7 Å². The molecule has 6 heteroatoms. The van der Waals surface area contributed by atoms with Crippen LogP contribution in [-0.4, -0.2) is 46.9 Å². The number of aliphatic hydroxyl groups is 2. The van der Waals surface area contributed by atoms with E-state index in [1.54, 1.807) is 0 Å². The molecule has 0 aliphatic carbocycles. The van der Waals surface area contributed by atoms with E-state index in [0.29, 0.717) is 19.3 Å². The van der Waals surface area contributed by atoms with E-state index >= 15 is 0 Å². The summed E-state index contributed by atoms with van der Waals surface area (Å²) >= 11 is 0. The molecule has 0 rings (SSSR count). The van der Waals surface area contributed by atoms with E-state index in [9.17, 15) is 19.8 Å². The Kier molecular flexibility index (Phi) is 51.0. The standard InChI is InChI=1S/C59H109NO5/c1-4-7-10-13-16-19-22-25-27-29-31-33-36-39-42-45-48-51-57(62)56(54-61)60-58(63)53-55(50-47-44-41-38-35-24-21-18-15-12-9-6-3)65-59(64)52-49-46-43-40-37-34-32-30-28-26-23-20-17-14-11-8-5-2/h9,12,18,21,26,28,35,38,55-57,61-62H,4-8,10-11,13-17,19-20,22-25,27,29-34,36-37,39-54H2,1-3H3,(H,60,63)/b12-9+,21-18+,28-26+,38-35+. The first-order valence-corrected chi connectivity index (χ1v) is 28.4. The summed E-state index contributed by atoms with van der Waals surface area (Å²) in [5, 5.41) is 23.9. The maximum Gasteiger partial charge on any atom is 0.306 e. The minimum atomic E-state index is -0.799. The fourth-order valence-electron chi connectivity index (χ4n) is 8.62. The van der Waals surface area contributed by atoms with Gasteiger partial charge in [-0.3, -0.25) is 9.59 Å². The zero-order chi connectivity index (χ0) is 47.4. The Morgan fingerprint density at radius 3 is 1.29 bits per heavy atom. The van der Waals surface area contributed by atoms with Gasteiger partial charge in [-0.15, -0.1) is 0 Å². The maximum absolute atomic E-state index is 13.2. The van der Waals surface area contributed by atoms with Crippen molar-refractivity contribution in [3.63, 3.8) is 0 Å². The summed E-state index contributed by atoms with van der Waals surface area (Å²) < 4.78 is 5.93. The van der Waals surface area contributed by atoms with Gasteiger partial charge < -0.3 is 20.3 Å². The van der Waals surface area contributed by atoms with E-state index in [1.165, 1.54) is 167 Å². The van der Waals surface area contributed by atoms with Crippen molar-refractivity contribution >= 4 is 11.9 Å². The van der Waals surface area contributed by atoms with Crippen LogP contribution in [0.4, 0.5) is 0 Å². The van der Waals surface area contributed by atoms with E-state index in [4.69, 9.17) is 4.74 Å². The predicted molar refractivity (Wildman–Crippen MR) is 282 cm³/mol. The average molecular weight is 913 g/mol. The molecule has 3 N–H and O–H groups in total. The quantitative estimate of drug-likeness (QED) is 0.0321. The highest BCUT2D eigenvalue weighted by Crippen LogP contribution is 2.18. The molecule has 0 radical (unpaired) electrons. The third-order valence-corrected chi connectivity index (χ3v) is 12.9. The lowest BCUT2D eigenvalue weighted by Gasteiger charge is -2.24. The minimum Gasteiger partial charge on any atom is -0.462 e. The summed E-state index contributed by atoms with van der Waals surface area (Å²) in [5.74, 6) is -0.509. The second-order valence-electron chi connectivity index (χ2n) is 19.3. The van der Waals surface area contributed by atoms with Crippen molar-refractivity contribution in [2.24, 2.45) is 0 Å². The van der Waals surface area contributed by atoms with Crippen molar-refractivity contribution in [2.75, 3.05) is 6.61 Å². The first-order valence-electron chi connectivity index (χ1n) is 28.4. The van der Waals surface area contributed by atoms with Crippen LogP contribution in [0.2, 0.25) is 0 Å². The van der Waals surface area contributed by atoms with Crippen LogP contribution in [0.15, 0.2) is 48.6 Å². The molecule has 0 saturated heterocycles. The van der Waals surface area contributed by atoms with Crippen LogP contribution in [0.25, 0.3) is 0 Å². The molecular formula is C59H109NO5. The molecule has 0 aliphatic heterocycles. The Morgan fingerprint density at radius 1 is 0.462 bits per heavy atom. The Bertz CT molecular complexity index is 1110. The van der Waals surface area contributed by atoms with E-state index in [0.717, 1.165) is 77.0 Å². The predicted octanol–water partition coefficient (Wildman–Crippen LogP) is 17.4. The normalized spacial score (nSPS) is 13.5. The number of esters is 1. The van der Waals surface area contributed by atoms with Crippen LogP contribution in [0.5, 0.6) is 0 Å². The molecule has 380 valence electrons. The molecular weight excluding hydrogens is 803 g/mol. The van der Waals surface area contributed by atoms with Crippen LogP contribution in [0.3, 0.4) is 0 Å². The number of allylic oxidation sites excluding steroid dienone is 8. The lowest BCUT2D eigenvalue weighted by molar-refractivity contribution is -0.151. The van der Waals surface area contributed by atoms with Gasteiger partial charge in [-0.05, 0) is 83.5 Å². The number of carbonyl (C=O) groups excluding carboxylic acids is 2. The number of hydrogen-bond donors (Lipinski definition) is 3. The molecule has 0 bridgehead atoms. The van der Waals surface area contributed by atoms with E-state index in [-0.39, 0.29) is 24.9 Å². The molecule has 0 aliphatic rings. The summed E-state index contributed by atoms with van der Waals surface area (Å²) in [4.78, 5) is 26.2. The molecule has 65 heavy (non-hydrogen) atoms. The largest absolute Gasteiger partial charge is 0.462 e. The van der Waals surface area contributed by atoms with Crippen molar-refractivity contribution < 1.29 is 24.5 Å². The third-order valence-electron chi connectivity index (χ3n) is 12.9. The first kappa shape index (κ1) is 62.8. The fourth-order valence-corrected chi connectivity index (χ4v) is 8.62. The van der Waals surface area contributed by atoms with Gasteiger partial charge in [-0.25, -0.2) is 0 Å². The number of nitrogens with one attached hydrogen (secondary N) is 1. The monoisotopic (exact) mass is 912 g/mol. The minimum absolute atomic E-state index is 0.0510. The van der Waals surface area contributed by atoms with Crippen LogP contribution in [-0.2, 0) is 14.3 Å². The number of unbranched alkanes of at least 4 members (excludes halogenated alkanes) is 31. The second-order valence-corrected chi connectivity index (χ2v) is 19.3. The van der Waals surface area contributed by atoms with Crippen molar-refractivity contribution in [2.45, 2.75) is 309 Å². The first-order chi connectivity index (χ1) is 32.0. The molecule has 3 unspecified atom stereocenters. The van der Waals surface area contributed by atoms with Gasteiger partial charge in [0, 0.05) is 6.42 Å². The molecule has 6 nitrogen and oxygen atoms in total. The van der Waals surface area contributed by atoms with E-state index in [1.807, 2.05) is 0 Å². The van der Waals surface area contributed by atoms with E-state index < -0.39 is 18.2 Å². The van der Waals surface area contributed by atoms with Crippen molar-refractivity contribution in [1.82, 2.24) is 5.32 Å². The van der Waals surface area contributed by atoms with Crippen LogP contribution < -0.4 is 5.32 Å². The van der Waals surface area contributed by atoms with Crippen molar-refractivity contribution in [1.29, 1.82) is 0 Å². The van der Waals surface area contributed by atoms with Crippen LogP contribution in [0.1, 0.15) is 290 Å². The molecule has 3 atom stereocenters. The molecule has 0 heterocycles. The Morgan fingerprint density at radius 2 is 0.831 bits per heavy atom. The molecule has 1 amide bonds. The lowest BCUT2D eigenvalue weighted by Crippen LogP contribution is -2.46. The summed E-state index contributed by atoms with van der Waals surface area (Å²) in [6, 6.07) is -0.715. The highest BCUT2D eigenvalue weighted by Gasteiger charge is 2.24. The fraction of sp³-hybridized carbons (Fsp3) is 0.831. The molecule has 0 saturated carbocycles. The SMILES string of the molecule is CC/C=C/C/C=C/C/C=C/CCCCC(CC(=O)NC(CO)C(O)CCCCCCCCCCCCCCCCCCC)OC(=O)CCCCCCCCC/C=C/CCCCCCCC. The number of amides is 1. The third kappa shape index (κ3) is 48.1. The topological polar surface area (TPSA) is 95.9 Å². The van der Waals surface area contributed by atoms with Crippen LogP contribution in [0, 0.1) is 0 Å². The van der Waals surface area contributed by atoms with Gasteiger partial charge in [0.1, 0.15) is 6.10 Å². The maximum atomic E-state index is 13.2. The zero-order valence-corrected chi connectivity index (χ0v) is 43.4. The second kappa shape index (κ2) is 52.8. The molecule has 0 aromatic carbocycles. The Balaban J connectivity index is 4.51. The highest BCUT2D eigenvalue weighted by molar-refractivity contribution is 5.77. The molecule has 0 spiro atoms. The summed E-state index contributed by atoms with van der Waals surface area (Å²) in [6.45, 7) is 6.38. The van der Waals surface area contributed by atoms with Gasteiger partial charge in [-0.2, -0.15) is 0 Å². The van der Waals surface area contributed by atoms with Crippen molar-refractivity contribution in [3.8, 4) is 0 Å². The number of hydrogen-bond acceptors (Lipinski definition) is 5. The number of rotatable bonds is 51. The van der Waals surface area contributed by atoms with Gasteiger partial charge in [0.2, 0.25) is 5.91 Å². The number of carbonyl (C=O) groups is 2. The van der Waals surface area contributed by atoms with Gasteiger partial charge in [0.15, 0.2) is 0 Å². The van der Waals surface area contributed by atoms with Gasteiger partial charge >= 0.3 is 5.97 Å². The Hall–Kier alpha value is -2.18. The Labute approximate surface area is 404 Å². The van der Waals surface area contributed by atoms with Gasteiger partial charge in [-0.1, -0.05) is 243 Å². The smallest absolute Gasteiger partial charge is 0.306 e.